The maximum Gasteiger partial charge on any atom is 0.317 e. The molecule has 1 aromatic carbocycles. The van der Waals surface area contributed by atoms with Gasteiger partial charge in [0.1, 0.15) is 0 Å². The maximum absolute atomic E-state index is 12.5. The molecule has 3 amide bonds. The van der Waals surface area contributed by atoms with Gasteiger partial charge in [-0.2, -0.15) is 0 Å². The Labute approximate surface area is 157 Å². The molecular formula is C19H24N4O4. The summed E-state index contributed by atoms with van der Waals surface area (Å²) in [6, 6.07) is 7.75. The number of amides is 3. The Morgan fingerprint density at radius 3 is 2.48 bits per heavy atom. The number of para-hydroxylation sites is 1. The lowest BCUT2D eigenvalue weighted by molar-refractivity contribution is -0.137. The third-order valence-corrected chi connectivity index (χ3v) is 4.82. The molecule has 1 fully saturated rings. The number of urea groups is 1. The van der Waals surface area contributed by atoms with Crippen LogP contribution in [0.1, 0.15) is 18.4 Å². The zero-order chi connectivity index (χ0) is 19.2. The number of aliphatic carboxylic acids is 1. The molecule has 0 unspecified atom stereocenters. The predicted octanol–water partition coefficient (Wildman–Crippen LogP) is 1.43. The fraction of sp³-hybridized carbons (Fsp3) is 0.421. The number of carboxylic acids is 1. The second-order valence-corrected chi connectivity index (χ2v) is 6.60. The highest BCUT2D eigenvalue weighted by Gasteiger charge is 2.24. The zero-order valence-corrected chi connectivity index (χ0v) is 15.1. The molecule has 0 bridgehead atoms. The first-order chi connectivity index (χ1) is 13.0. The number of aromatic amines is 1. The van der Waals surface area contributed by atoms with Gasteiger partial charge in [0.2, 0.25) is 5.91 Å². The molecule has 0 aliphatic carbocycles. The van der Waals surface area contributed by atoms with Crippen molar-refractivity contribution in [1.29, 1.82) is 0 Å². The van der Waals surface area contributed by atoms with Crippen molar-refractivity contribution in [3.8, 4) is 0 Å². The SMILES string of the molecule is O=C(O)CCNC(=O)N1CCN(C(=O)CCc2c[nH]c3ccccc23)CC1. The Morgan fingerprint density at radius 2 is 1.74 bits per heavy atom. The van der Waals surface area contributed by atoms with Gasteiger partial charge in [0.15, 0.2) is 0 Å². The fourth-order valence-corrected chi connectivity index (χ4v) is 3.29. The van der Waals surface area contributed by atoms with Crippen LogP contribution in [-0.2, 0) is 16.0 Å². The lowest BCUT2D eigenvalue weighted by Crippen LogP contribution is -2.53. The third kappa shape index (κ3) is 4.78. The average Bonchev–Trinajstić information content (AvgIpc) is 3.09. The molecule has 0 spiro atoms. The van der Waals surface area contributed by atoms with Gasteiger partial charge < -0.3 is 25.2 Å². The second-order valence-electron chi connectivity index (χ2n) is 6.60. The van der Waals surface area contributed by atoms with E-state index in [1.165, 1.54) is 0 Å². The van der Waals surface area contributed by atoms with Gasteiger partial charge in [0.25, 0.3) is 0 Å². The van der Waals surface area contributed by atoms with E-state index >= 15 is 0 Å². The summed E-state index contributed by atoms with van der Waals surface area (Å²) in [5.74, 6) is -0.855. The van der Waals surface area contributed by atoms with Gasteiger partial charge >= 0.3 is 12.0 Å². The van der Waals surface area contributed by atoms with Crippen LogP contribution in [0.2, 0.25) is 0 Å². The number of piperazine rings is 1. The number of nitrogens with zero attached hydrogens (tertiary/aromatic N) is 2. The second kappa shape index (κ2) is 8.57. The molecule has 1 aromatic heterocycles. The van der Waals surface area contributed by atoms with Crippen LogP contribution in [-0.4, -0.2) is 70.5 Å². The van der Waals surface area contributed by atoms with Crippen molar-refractivity contribution in [2.24, 2.45) is 0 Å². The van der Waals surface area contributed by atoms with Crippen molar-refractivity contribution in [1.82, 2.24) is 20.1 Å². The van der Waals surface area contributed by atoms with Crippen molar-refractivity contribution in [3.05, 3.63) is 36.0 Å². The molecule has 2 aromatic rings. The Balaban J connectivity index is 1.43. The summed E-state index contributed by atoms with van der Waals surface area (Å²) in [4.78, 5) is 41.6. The summed E-state index contributed by atoms with van der Waals surface area (Å²) in [5, 5.41) is 12.3. The molecular weight excluding hydrogens is 348 g/mol. The van der Waals surface area contributed by atoms with Gasteiger partial charge in [-0.05, 0) is 18.1 Å². The van der Waals surface area contributed by atoms with E-state index < -0.39 is 5.97 Å². The quantitative estimate of drug-likeness (QED) is 0.713. The van der Waals surface area contributed by atoms with Crippen LogP contribution in [0.5, 0.6) is 0 Å². The van der Waals surface area contributed by atoms with Gasteiger partial charge in [0, 0.05) is 56.2 Å². The molecule has 1 saturated heterocycles. The van der Waals surface area contributed by atoms with E-state index in [-0.39, 0.29) is 24.9 Å². The Kier molecular flexibility index (Phi) is 5.95. The number of benzene rings is 1. The number of carbonyl (C=O) groups is 3. The van der Waals surface area contributed by atoms with Crippen LogP contribution in [0.4, 0.5) is 4.79 Å². The lowest BCUT2D eigenvalue weighted by Gasteiger charge is -2.34. The standard InChI is InChI=1S/C19H24N4O4/c24-17(6-5-14-13-21-16-4-2-1-3-15(14)16)22-9-11-23(12-10-22)19(27)20-8-7-18(25)26/h1-4,13,21H,5-12H2,(H,20,27)(H,25,26). The highest BCUT2D eigenvalue weighted by molar-refractivity contribution is 5.84. The first-order valence-electron chi connectivity index (χ1n) is 9.12. The first-order valence-corrected chi connectivity index (χ1v) is 9.12. The lowest BCUT2D eigenvalue weighted by atomic mass is 10.1. The van der Waals surface area contributed by atoms with E-state index in [4.69, 9.17) is 5.11 Å². The van der Waals surface area contributed by atoms with Crippen molar-refractivity contribution in [2.75, 3.05) is 32.7 Å². The monoisotopic (exact) mass is 372 g/mol. The number of aryl methyl sites for hydroxylation is 1. The fourth-order valence-electron chi connectivity index (χ4n) is 3.29. The number of rotatable bonds is 6. The van der Waals surface area contributed by atoms with E-state index in [9.17, 15) is 14.4 Å². The molecule has 1 aliphatic rings. The van der Waals surface area contributed by atoms with Crippen LogP contribution in [0, 0.1) is 0 Å². The number of hydrogen-bond donors (Lipinski definition) is 3. The van der Waals surface area contributed by atoms with Gasteiger partial charge in [-0.1, -0.05) is 18.2 Å². The molecule has 27 heavy (non-hydrogen) atoms. The number of hydrogen-bond acceptors (Lipinski definition) is 3. The van der Waals surface area contributed by atoms with E-state index in [1.807, 2.05) is 30.5 Å². The summed E-state index contributed by atoms with van der Waals surface area (Å²) in [6.07, 6.45) is 2.97. The topological polar surface area (TPSA) is 106 Å². The smallest absolute Gasteiger partial charge is 0.317 e. The van der Waals surface area contributed by atoms with Crippen molar-refractivity contribution >= 4 is 28.8 Å². The molecule has 0 radical (unpaired) electrons. The van der Waals surface area contributed by atoms with E-state index in [0.29, 0.717) is 39.0 Å². The minimum Gasteiger partial charge on any atom is -0.481 e. The molecule has 3 rings (SSSR count). The number of carbonyl (C=O) groups excluding carboxylic acids is 2. The average molecular weight is 372 g/mol. The predicted molar refractivity (Wildman–Crippen MR) is 100 cm³/mol. The molecule has 2 heterocycles. The largest absolute Gasteiger partial charge is 0.481 e. The Morgan fingerprint density at radius 1 is 1.04 bits per heavy atom. The molecule has 8 heteroatoms. The molecule has 0 atom stereocenters. The van der Waals surface area contributed by atoms with Gasteiger partial charge in [-0.15, -0.1) is 0 Å². The third-order valence-electron chi connectivity index (χ3n) is 4.82. The molecule has 144 valence electrons. The van der Waals surface area contributed by atoms with E-state index in [1.54, 1.807) is 9.80 Å². The number of aromatic nitrogens is 1. The minimum absolute atomic E-state index is 0.0891. The normalized spacial score (nSPS) is 14.4. The summed E-state index contributed by atoms with van der Waals surface area (Å²) in [6.45, 7) is 2.02. The van der Waals surface area contributed by atoms with E-state index in [2.05, 4.69) is 10.3 Å². The Hall–Kier alpha value is -3.03. The summed E-state index contributed by atoms with van der Waals surface area (Å²) < 4.78 is 0. The van der Waals surface area contributed by atoms with Crippen molar-refractivity contribution in [3.63, 3.8) is 0 Å². The van der Waals surface area contributed by atoms with Crippen molar-refractivity contribution < 1.29 is 19.5 Å². The molecule has 8 nitrogen and oxygen atoms in total. The van der Waals surface area contributed by atoms with Crippen LogP contribution in [0.3, 0.4) is 0 Å². The summed E-state index contributed by atoms with van der Waals surface area (Å²) >= 11 is 0. The molecule has 0 saturated carbocycles. The van der Waals surface area contributed by atoms with Crippen LogP contribution >= 0.6 is 0 Å². The number of carboxylic acid groups (broad SMARTS) is 1. The molecule has 1 aliphatic heterocycles. The number of H-pyrrole nitrogens is 1. The minimum atomic E-state index is -0.944. The Bertz CT molecular complexity index is 824. The van der Waals surface area contributed by atoms with Gasteiger partial charge in [-0.3, -0.25) is 9.59 Å². The maximum atomic E-state index is 12.5. The number of nitrogens with one attached hydrogen (secondary N) is 2. The highest BCUT2D eigenvalue weighted by atomic mass is 16.4. The van der Waals surface area contributed by atoms with Gasteiger partial charge in [0.05, 0.1) is 6.42 Å². The highest BCUT2D eigenvalue weighted by Crippen LogP contribution is 2.19. The van der Waals surface area contributed by atoms with Crippen LogP contribution < -0.4 is 5.32 Å². The molecule has 3 N–H and O–H groups in total. The van der Waals surface area contributed by atoms with Crippen molar-refractivity contribution in [2.45, 2.75) is 19.3 Å². The summed E-state index contributed by atoms with van der Waals surface area (Å²) in [7, 11) is 0. The van der Waals surface area contributed by atoms with E-state index in [0.717, 1.165) is 16.5 Å². The van der Waals surface area contributed by atoms with Crippen LogP contribution in [0.25, 0.3) is 10.9 Å². The zero-order valence-electron chi connectivity index (χ0n) is 15.1. The van der Waals surface area contributed by atoms with Gasteiger partial charge in [-0.25, -0.2) is 4.79 Å². The summed E-state index contributed by atoms with van der Waals surface area (Å²) in [5.41, 5.74) is 2.21. The van der Waals surface area contributed by atoms with Crippen LogP contribution in [0.15, 0.2) is 30.5 Å². The first kappa shape index (κ1) is 18.8. The number of fused-ring (bicyclic) bond motifs is 1.